The van der Waals surface area contributed by atoms with Gasteiger partial charge >= 0.3 is 0 Å². The van der Waals surface area contributed by atoms with Crippen molar-refractivity contribution in [2.45, 2.75) is 19.9 Å². The van der Waals surface area contributed by atoms with Gasteiger partial charge in [0.1, 0.15) is 11.5 Å². The lowest BCUT2D eigenvalue weighted by Crippen LogP contribution is -1.99. The van der Waals surface area contributed by atoms with Crippen molar-refractivity contribution in [3.63, 3.8) is 0 Å². The van der Waals surface area contributed by atoms with Gasteiger partial charge in [0.2, 0.25) is 0 Å². The third kappa shape index (κ3) is 3.83. The molecule has 0 bridgehead atoms. The molecular formula is C17H21NO2. The lowest BCUT2D eigenvalue weighted by Gasteiger charge is -2.09. The summed E-state index contributed by atoms with van der Waals surface area (Å²) in [6, 6.07) is 14.1. The summed E-state index contributed by atoms with van der Waals surface area (Å²) in [7, 11) is 1.71. The number of rotatable bonds is 6. The monoisotopic (exact) mass is 271 g/mol. The molecule has 0 aliphatic rings. The molecule has 2 aromatic carbocycles. The van der Waals surface area contributed by atoms with Crippen LogP contribution in [0.1, 0.15) is 16.7 Å². The highest BCUT2D eigenvalue weighted by Gasteiger charge is 2.01. The van der Waals surface area contributed by atoms with Crippen LogP contribution in [0.15, 0.2) is 42.5 Å². The van der Waals surface area contributed by atoms with Gasteiger partial charge in [-0.15, -0.1) is 0 Å². The molecule has 106 valence electrons. The molecule has 0 atom stereocenters. The van der Waals surface area contributed by atoms with Crippen LogP contribution in [0.25, 0.3) is 0 Å². The average molecular weight is 271 g/mol. The largest absolute Gasteiger partial charge is 0.457 e. The summed E-state index contributed by atoms with van der Waals surface area (Å²) in [5.41, 5.74) is 9.20. The van der Waals surface area contributed by atoms with Gasteiger partial charge in [0.05, 0.1) is 6.61 Å². The van der Waals surface area contributed by atoms with Crippen LogP contribution in [-0.4, -0.2) is 13.7 Å². The first kappa shape index (κ1) is 14.6. The zero-order valence-electron chi connectivity index (χ0n) is 12.1. The maximum absolute atomic E-state index is 5.85. The predicted molar refractivity (Wildman–Crippen MR) is 81.2 cm³/mol. The molecule has 0 unspecified atom stereocenters. The lowest BCUT2D eigenvalue weighted by molar-refractivity contribution is 0.202. The summed E-state index contributed by atoms with van der Waals surface area (Å²) in [4.78, 5) is 0. The first-order valence-corrected chi connectivity index (χ1v) is 6.78. The van der Waals surface area contributed by atoms with Crippen LogP contribution in [-0.2, 0) is 17.7 Å². The van der Waals surface area contributed by atoms with Crippen molar-refractivity contribution in [2.24, 2.45) is 5.73 Å². The Bertz CT molecular complexity index is 549. The number of aryl methyl sites for hydroxylation is 1. The summed E-state index contributed by atoms with van der Waals surface area (Å²) in [6.07, 6.45) is 0.918. The van der Waals surface area contributed by atoms with E-state index in [1.807, 2.05) is 37.3 Å². The van der Waals surface area contributed by atoms with Crippen LogP contribution in [0.5, 0.6) is 11.5 Å². The molecule has 0 aliphatic carbocycles. The molecule has 0 heterocycles. The van der Waals surface area contributed by atoms with E-state index in [4.69, 9.17) is 15.2 Å². The summed E-state index contributed by atoms with van der Waals surface area (Å²) in [5.74, 6) is 1.68. The quantitative estimate of drug-likeness (QED) is 0.875. The van der Waals surface area contributed by atoms with Crippen molar-refractivity contribution in [1.29, 1.82) is 0 Å². The summed E-state index contributed by atoms with van der Waals surface area (Å²) in [6.45, 7) is 3.34. The number of ether oxygens (including phenoxy) is 2. The topological polar surface area (TPSA) is 44.5 Å². The minimum absolute atomic E-state index is 0.556. The highest BCUT2D eigenvalue weighted by Crippen LogP contribution is 2.24. The highest BCUT2D eigenvalue weighted by molar-refractivity contribution is 5.38. The molecule has 2 rings (SSSR count). The van der Waals surface area contributed by atoms with E-state index < -0.39 is 0 Å². The Kier molecular flexibility index (Phi) is 5.16. The second kappa shape index (κ2) is 7.08. The lowest BCUT2D eigenvalue weighted by atomic mass is 10.1. The van der Waals surface area contributed by atoms with Crippen molar-refractivity contribution in [1.82, 2.24) is 0 Å². The van der Waals surface area contributed by atoms with Gasteiger partial charge in [-0.25, -0.2) is 0 Å². The average Bonchev–Trinajstić information content (AvgIpc) is 2.47. The van der Waals surface area contributed by atoms with Gasteiger partial charge in [-0.2, -0.15) is 0 Å². The fourth-order valence-electron chi connectivity index (χ4n) is 2.04. The molecule has 0 fully saturated rings. The summed E-state index contributed by atoms with van der Waals surface area (Å²) in [5, 5.41) is 0. The molecule has 0 amide bonds. The van der Waals surface area contributed by atoms with Gasteiger partial charge < -0.3 is 15.2 Å². The number of methoxy groups -OCH3 is 1. The normalized spacial score (nSPS) is 10.6. The van der Waals surface area contributed by atoms with Crippen LogP contribution in [0.4, 0.5) is 0 Å². The molecule has 2 aromatic rings. The van der Waals surface area contributed by atoms with Crippen molar-refractivity contribution in [3.05, 3.63) is 59.2 Å². The van der Waals surface area contributed by atoms with Gasteiger partial charge in [0.15, 0.2) is 0 Å². The molecular weight excluding hydrogens is 250 g/mol. The Labute approximate surface area is 120 Å². The molecule has 0 saturated carbocycles. The third-order valence-corrected chi connectivity index (χ3v) is 3.29. The third-order valence-electron chi connectivity index (χ3n) is 3.29. The Morgan fingerprint density at radius 3 is 2.30 bits per heavy atom. The second-order valence-electron chi connectivity index (χ2n) is 4.78. The predicted octanol–water partition coefficient (Wildman–Crippen LogP) is 3.43. The number of nitrogens with two attached hydrogens (primary N) is 1. The molecule has 3 heteroatoms. The van der Waals surface area contributed by atoms with E-state index in [-0.39, 0.29) is 0 Å². The number of benzene rings is 2. The maximum atomic E-state index is 5.85. The Morgan fingerprint density at radius 1 is 1.00 bits per heavy atom. The molecule has 0 spiro atoms. The molecule has 0 aromatic heterocycles. The summed E-state index contributed by atoms with van der Waals surface area (Å²) >= 11 is 0. The molecule has 3 nitrogen and oxygen atoms in total. The van der Waals surface area contributed by atoms with Gasteiger partial charge in [-0.1, -0.05) is 18.2 Å². The van der Waals surface area contributed by atoms with E-state index in [9.17, 15) is 0 Å². The Hall–Kier alpha value is -1.84. The van der Waals surface area contributed by atoms with Gasteiger partial charge in [-0.05, 0) is 54.3 Å². The Balaban J connectivity index is 2.04. The zero-order chi connectivity index (χ0) is 14.4. The van der Waals surface area contributed by atoms with E-state index >= 15 is 0 Å². The van der Waals surface area contributed by atoms with Crippen LogP contribution >= 0.6 is 0 Å². The van der Waals surface area contributed by atoms with Gasteiger partial charge in [0, 0.05) is 13.7 Å². The van der Waals surface area contributed by atoms with Crippen LogP contribution in [0.2, 0.25) is 0 Å². The van der Waals surface area contributed by atoms with E-state index in [0.29, 0.717) is 6.54 Å². The van der Waals surface area contributed by atoms with E-state index in [0.717, 1.165) is 35.7 Å². The second-order valence-corrected chi connectivity index (χ2v) is 4.78. The van der Waals surface area contributed by atoms with Crippen LogP contribution < -0.4 is 10.5 Å². The molecule has 0 radical (unpaired) electrons. The standard InChI is InChI=1S/C17H21NO2/c1-13-11-17(8-5-15(13)12-18)20-16-6-3-14(4-7-16)9-10-19-2/h3-8,11H,9-10,12,18H2,1-2H3. The van der Waals surface area contributed by atoms with E-state index in [1.54, 1.807) is 7.11 Å². The van der Waals surface area contributed by atoms with E-state index in [1.165, 1.54) is 5.56 Å². The van der Waals surface area contributed by atoms with Crippen LogP contribution in [0.3, 0.4) is 0 Å². The van der Waals surface area contributed by atoms with Gasteiger partial charge in [0.25, 0.3) is 0 Å². The SMILES string of the molecule is COCCc1ccc(Oc2ccc(CN)c(C)c2)cc1. The Morgan fingerprint density at radius 2 is 1.70 bits per heavy atom. The molecule has 0 aliphatic heterocycles. The fourth-order valence-corrected chi connectivity index (χ4v) is 2.04. The summed E-state index contributed by atoms with van der Waals surface area (Å²) < 4.78 is 10.9. The van der Waals surface area contributed by atoms with Gasteiger partial charge in [-0.3, -0.25) is 0 Å². The minimum atomic E-state index is 0.556. The van der Waals surface area contributed by atoms with Crippen molar-refractivity contribution in [3.8, 4) is 11.5 Å². The first-order chi connectivity index (χ1) is 9.72. The smallest absolute Gasteiger partial charge is 0.127 e. The van der Waals surface area contributed by atoms with Crippen molar-refractivity contribution in [2.75, 3.05) is 13.7 Å². The van der Waals surface area contributed by atoms with Crippen molar-refractivity contribution >= 4 is 0 Å². The fraction of sp³-hybridized carbons (Fsp3) is 0.294. The first-order valence-electron chi connectivity index (χ1n) is 6.78. The molecule has 20 heavy (non-hydrogen) atoms. The zero-order valence-corrected chi connectivity index (χ0v) is 12.1. The number of hydrogen-bond acceptors (Lipinski definition) is 3. The van der Waals surface area contributed by atoms with Crippen molar-refractivity contribution < 1.29 is 9.47 Å². The van der Waals surface area contributed by atoms with Crippen LogP contribution in [0, 0.1) is 6.92 Å². The molecule has 2 N–H and O–H groups in total. The highest BCUT2D eigenvalue weighted by atomic mass is 16.5. The van der Waals surface area contributed by atoms with E-state index in [2.05, 4.69) is 12.1 Å². The molecule has 0 saturated heterocycles. The number of hydrogen-bond donors (Lipinski definition) is 1. The minimum Gasteiger partial charge on any atom is -0.457 e. The maximum Gasteiger partial charge on any atom is 0.127 e.